The van der Waals surface area contributed by atoms with Gasteiger partial charge >= 0.3 is 0 Å². The highest BCUT2D eigenvalue weighted by atomic mass is 35.5. The molecule has 9 heteroatoms. The summed E-state index contributed by atoms with van der Waals surface area (Å²) >= 11 is 6.10. The van der Waals surface area contributed by atoms with E-state index in [1.54, 1.807) is 18.1 Å². The van der Waals surface area contributed by atoms with Gasteiger partial charge < -0.3 is 15.0 Å². The lowest BCUT2D eigenvalue weighted by Gasteiger charge is -2.35. The van der Waals surface area contributed by atoms with Crippen LogP contribution in [0.4, 0.5) is 8.78 Å². The van der Waals surface area contributed by atoms with Crippen molar-refractivity contribution in [1.82, 2.24) is 15.1 Å². The summed E-state index contributed by atoms with van der Waals surface area (Å²) in [5, 5.41) is 3.31. The lowest BCUT2D eigenvalue weighted by Crippen LogP contribution is -2.51. The summed E-state index contributed by atoms with van der Waals surface area (Å²) in [6.07, 6.45) is 0.602. The van der Waals surface area contributed by atoms with Crippen LogP contribution in [0.25, 0.3) is 0 Å². The van der Waals surface area contributed by atoms with Gasteiger partial charge in [0.2, 0.25) is 17.7 Å². The summed E-state index contributed by atoms with van der Waals surface area (Å²) in [6.45, 7) is 3.22. The highest BCUT2D eigenvalue weighted by Crippen LogP contribution is 2.37. The van der Waals surface area contributed by atoms with E-state index < -0.39 is 5.92 Å². The molecule has 1 aliphatic carbocycles. The maximum absolute atomic E-state index is 13.2. The Bertz CT molecular complexity index is 775. The number of hydrogen-bond donors (Lipinski definition) is 1. The Hall–Kier alpha value is -1.93. The molecule has 0 spiro atoms. The second-order valence-corrected chi connectivity index (χ2v) is 8.83. The molecule has 0 radical (unpaired) electrons. The summed E-state index contributed by atoms with van der Waals surface area (Å²) < 4.78 is 31.8. The predicted octanol–water partition coefficient (Wildman–Crippen LogP) is 3.32. The van der Waals surface area contributed by atoms with E-state index in [4.69, 9.17) is 16.3 Å². The van der Waals surface area contributed by atoms with E-state index in [0.29, 0.717) is 50.6 Å². The Balaban J connectivity index is 1.37. The Morgan fingerprint density at radius 2 is 1.87 bits per heavy atom. The van der Waals surface area contributed by atoms with Crippen LogP contribution in [0.1, 0.15) is 37.7 Å². The molecule has 3 rings (SSSR count). The highest BCUT2D eigenvalue weighted by Gasteiger charge is 2.35. The molecule has 1 heterocycles. The first-order chi connectivity index (χ1) is 14.8. The van der Waals surface area contributed by atoms with Gasteiger partial charge in [-0.1, -0.05) is 11.6 Å². The van der Waals surface area contributed by atoms with Crippen LogP contribution in [0.15, 0.2) is 18.2 Å². The number of amides is 2. The number of halogens is 3. The maximum Gasteiger partial charge on any atom is 0.248 e. The number of carbonyl (C=O) groups excluding carboxylic acids is 2. The molecule has 0 bridgehead atoms. The van der Waals surface area contributed by atoms with Crippen molar-refractivity contribution in [2.24, 2.45) is 5.92 Å². The second-order valence-electron chi connectivity index (χ2n) is 8.39. The minimum atomic E-state index is -2.59. The van der Waals surface area contributed by atoms with Gasteiger partial charge in [0, 0.05) is 62.6 Å². The van der Waals surface area contributed by atoms with Gasteiger partial charge in [-0.25, -0.2) is 8.78 Å². The van der Waals surface area contributed by atoms with E-state index in [1.807, 2.05) is 12.1 Å². The van der Waals surface area contributed by atoms with E-state index in [9.17, 15) is 18.4 Å². The maximum atomic E-state index is 13.2. The third kappa shape index (κ3) is 7.04. The summed E-state index contributed by atoms with van der Waals surface area (Å²) in [6, 6.07) is 5.53. The Morgan fingerprint density at radius 1 is 1.19 bits per heavy atom. The van der Waals surface area contributed by atoms with E-state index >= 15 is 0 Å². The van der Waals surface area contributed by atoms with Crippen LogP contribution in [0.2, 0.25) is 5.02 Å². The van der Waals surface area contributed by atoms with Crippen molar-refractivity contribution in [3.8, 4) is 5.75 Å². The van der Waals surface area contributed by atoms with Gasteiger partial charge in [-0.15, -0.1) is 0 Å². The third-order valence-corrected chi connectivity index (χ3v) is 6.34. The zero-order chi connectivity index (χ0) is 22.4. The molecule has 172 valence electrons. The van der Waals surface area contributed by atoms with Crippen molar-refractivity contribution in [2.45, 2.75) is 44.6 Å². The van der Waals surface area contributed by atoms with Crippen molar-refractivity contribution in [3.63, 3.8) is 0 Å². The van der Waals surface area contributed by atoms with Crippen LogP contribution in [-0.2, 0) is 16.1 Å². The van der Waals surface area contributed by atoms with Gasteiger partial charge in [-0.2, -0.15) is 0 Å². The molecule has 1 aromatic carbocycles. The summed E-state index contributed by atoms with van der Waals surface area (Å²) in [4.78, 5) is 28.5. The van der Waals surface area contributed by atoms with Crippen molar-refractivity contribution >= 4 is 23.4 Å². The number of rotatable bonds is 7. The van der Waals surface area contributed by atoms with Gasteiger partial charge in [-0.05, 0) is 37.0 Å². The average molecular weight is 458 g/mol. The van der Waals surface area contributed by atoms with Crippen molar-refractivity contribution < 1.29 is 23.1 Å². The first-order valence-electron chi connectivity index (χ1n) is 10.7. The van der Waals surface area contributed by atoms with Gasteiger partial charge in [0.25, 0.3) is 0 Å². The first-order valence-corrected chi connectivity index (χ1v) is 11.1. The zero-order valence-corrected chi connectivity index (χ0v) is 18.6. The molecular weight excluding hydrogens is 428 g/mol. The number of ether oxygens (including phenoxy) is 1. The van der Waals surface area contributed by atoms with Crippen molar-refractivity contribution in [2.75, 3.05) is 39.8 Å². The number of alkyl halides is 2. The minimum absolute atomic E-state index is 0.0262. The van der Waals surface area contributed by atoms with Crippen LogP contribution >= 0.6 is 11.6 Å². The molecule has 1 saturated heterocycles. The van der Waals surface area contributed by atoms with E-state index in [1.165, 1.54) is 0 Å². The minimum Gasteiger partial charge on any atom is -0.496 e. The number of carbonyl (C=O) groups is 2. The molecule has 0 aromatic heterocycles. The Labute approximate surface area is 186 Å². The molecule has 2 fully saturated rings. The topological polar surface area (TPSA) is 61.9 Å². The predicted molar refractivity (Wildman–Crippen MR) is 114 cm³/mol. The van der Waals surface area contributed by atoms with Gasteiger partial charge in [-0.3, -0.25) is 14.5 Å². The number of nitrogens with one attached hydrogen (secondary N) is 1. The average Bonchev–Trinajstić information content (AvgIpc) is 2.74. The monoisotopic (exact) mass is 457 g/mol. The molecule has 0 unspecified atom stereocenters. The molecule has 0 atom stereocenters. The Morgan fingerprint density at radius 3 is 2.52 bits per heavy atom. The van der Waals surface area contributed by atoms with Crippen LogP contribution < -0.4 is 10.1 Å². The molecule has 31 heavy (non-hydrogen) atoms. The largest absolute Gasteiger partial charge is 0.496 e. The first kappa shape index (κ1) is 23.7. The van der Waals surface area contributed by atoms with E-state index in [-0.39, 0.29) is 43.5 Å². The molecule has 6 nitrogen and oxygen atoms in total. The van der Waals surface area contributed by atoms with Crippen LogP contribution in [0, 0.1) is 5.92 Å². The molecule has 2 aliphatic rings. The SMILES string of the molecule is COc1ccc(Cl)cc1CN1CCN(C(=O)CNC(=O)CC2CCC(F)(F)CC2)CC1. The molecule has 1 aliphatic heterocycles. The van der Waals surface area contributed by atoms with E-state index in [0.717, 1.165) is 11.3 Å². The number of benzene rings is 1. The molecule has 1 saturated carbocycles. The smallest absolute Gasteiger partial charge is 0.248 e. The number of piperazine rings is 1. The summed E-state index contributed by atoms with van der Waals surface area (Å²) in [5.74, 6) is -2.20. The van der Waals surface area contributed by atoms with Crippen LogP contribution in [-0.4, -0.2) is 67.4 Å². The highest BCUT2D eigenvalue weighted by molar-refractivity contribution is 6.30. The lowest BCUT2D eigenvalue weighted by atomic mass is 9.84. The summed E-state index contributed by atoms with van der Waals surface area (Å²) in [5.41, 5.74) is 1.00. The lowest BCUT2D eigenvalue weighted by molar-refractivity contribution is -0.134. The number of hydrogen-bond acceptors (Lipinski definition) is 4. The van der Waals surface area contributed by atoms with E-state index in [2.05, 4.69) is 10.2 Å². The van der Waals surface area contributed by atoms with Gasteiger partial charge in [0.1, 0.15) is 5.75 Å². The fraction of sp³-hybridized carbons (Fsp3) is 0.636. The van der Waals surface area contributed by atoms with Crippen molar-refractivity contribution in [1.29, 1.82) is 0 Å². The fourth-order valence-electron chi connectivity index (χ4n) is 4.19. The van der Waals surface area contributed by atoms with Crippen LogP contribution in [0.3, 0.4) is 0 Å². The van der Waals surface area contributed by atoms with Gasteiger partial charge in [0.15, 0.2) is 0 Å². The molecule has 1 N–H and O–H groups in total. The quantitative estimate of drug-likeness (QED) is 0.682. The van der Waals surface area contributed by atoms with Gasteiger partial charge in [0.05, 0.1) is 13.7 Å². The fourth-order valence-corrected chi connectivity index (χ4v) is 4.39. The number of nitrogens with zero attached hydrogens (tertiary/aromatic N) is 2. The normalized spacial score (nSPS) is 19.8. The molecular formula is C22H30ClF2N3O3. The van der Waals surface area contributed by atoms with Crippen molar-refractivity contribution in [3.05, 3.63) is 28.8 Å². The zero-order valence-electron chi connectivity index (χ0n) is 17.8. The molecule has 1 aromatic rings. The summed E-state index contributed by atoms with van der Waals surface area (Å²) in [7, 11) is 1.63. The standard InChI is InChI=1S/C22H30ClF2N3O3/c1-31-19-3-2-18(23)13-17(19)15-27-8-10-28(11-9-27)21(30)14-26-20(29)12-16-4-6-22(24,25)7-5-16/h2-3,13,16H,4-12,14-15H2,1H3,(H,26,29). The molecule has 2 amide bonds. The second kappa shape index (κ2) is 10.6. The third-order valence-electron chi connectivity index (χ3n) is 6.11. The Kier molecular flexibility index (Phi) is 8.11. The number of methoxy groups -OCH3 is 1. The van der Waals surface area contributed by atoms with Crippen LogP contribution in [0.5, 0.6) is 5.75 Å².